The summed E-state index contributed by atoms with van der Waals surface area (Å²) in [5.74, 6) is 2.24. The fourth-order valence-corrected chi connectivity index (χ4v) is 1.32. The van der Waals surface area contributed by atoms with E-state index in [4.69, 9.17) is 11.2 Å². The van der Waals surface area contributed by atoms with Crippen LogP contribution in [0, 0.1) is 18.3 Å². The van der Waals surface area contributed by atoms with Gasteiger partial charge in [0.1, 0.15) is 11.7 Å². The van der Waals surface area contributed by atoms with Crippen molar-refractivity contribution in [3.8, 4) is 12.3 Å². The Bertz CT molecular complexity index is 281. The summed E-state index contributed by atoms with van der Waals surface area (Å²) in [4.78, 5) is 13.0. The van der Waals surface area contributed by atoms with Gasteiger partial charge in [0.05, 0.1) is 0 Å². The largest absolute Gasteiger partial charge is 0.444 e. The molecule has 4 heteroatoms. The van der Waals surface area contributed by atoms with Crippen molar-refractivity contribution >= 4 is 6.09 Å². The number of nitrogens with zero attached hydrogens (tertiary/aromatic N) is 1. The molecule has 0 saturated carbocycles. The molecule has 0 aromatic heterocycles. The molecule has 1 fully saturated rings. The number of carbonyl (C=O) groups is 1. The van der Waals surface area contributed by atoms with Gasteiger partial charge in [-0.25, -0.2) is 4.79 Å². The third-order valence-corrected chi connectivity index (χ3v) is 2.18. The zero-order valence-electron chi connectivity index (χ0n) is 9.36. The smallest absolute Gasteiger partial charge is 0.410 e. The Morgan fingerprint density at radius 2 is 2.13 bits per heavy atom. The van der Waals surface area contributed by atoms with Crippen LogP contribution in [0.2, 0.25) is 0 Å². The van der Waals surface area contributed by atoms with E-state index >= 15 is 0 Å². The van der Waals surface area contributed by atoms with Crippen LogP contribution in [-0.2, 0) is 4.74 Å². The van der Waals surface area contributed by atoms with E-state index in [0.717, 1.165) is 0 Å². The average Bonchev–Trinajstić information content (AvgIpc) is 1.97. The van der Waals surface area contributed by atoms with Crippen LogP contribution in [-0.4, -0.2) is 40.9 Å². The highest BCUT2D eigenvalue weighted by molar-refractivity contribution is 5.69. The monoisotopic (exact) mass is 211 g/mol. The Kier molecular flexibility index (Phi) is 3.25. The van der Waals surface area contributed by atoms with Gasteiger partial charge in [0.15, 0.2) is 0 Å². The van der Waals surface area contributed by atoms with Crippen LogP contribution < -0.4 is 0 Å². The van der Waals surface area contributed by atoms with Gasteiger partial charge in [-0.2, -0.15) is 0 Å². The summed E-state index contributed by atoms with van der Waals surface area (Å²) < 4.78 is 5.16. The molecule has 1 atom stereocenters. The summed E-state index contributed by atoms with van der Waals surface area (Å²) in [5, 5.41) is 9.29. The maximum absolute atomic E-state index is 11.5. The molecule has 1 aliphatic heterocycles. The van der Waals surface area contributed by atoms with E-state index in [0.29, 0.717) is 13.1 Å². The number of ether oxygens (including phenoxy) is 1. The minimum atomic E-state index is -0.760. The Morgan fingerprint density at radius 3 is 2.53 bits per heavy atom. The third kappa shape index (κ3) is 3.14. The van der Waals surface area contributed by atoms with Gasteiger partial charge >= 0.3 is 6.09 Å². The van der Waals surface area contributed by atoms with E-state index in [1.165, 1.54) is 4.90 Å². The number of hydrogen-bond acceptors (Lipinski definition) is 3. The van der Waals surface area contributed by atoms with Crippen LogP contribution in [0.25, 0.3) is 0 Å². The number of amides is 1. The lowest BCUT2D eigenvalue weighted by Crippen LogP contribution is -2.55. The number of hydrogen-bond donors (Lipinski definition) is 1. The summed E-state index contributed by atoms with van der Waals surface area (Å²) in [5.41, 5.74) is -0.479. The number of likely N-dealkylation sites (tertiary alicyclic amines) is 1. The lowest BCUT2D eigenvalue weighted by Gasteiger charge is -2.40. The predicted molar refractivity (Wildman–Crippen MR) is 56.1 cm³/mol. The number of carbonyl (C=O) groups excluding carboxylic acids is 1. The molecule has 0 radical (unpaired) electrons. The number of aliphatic hydroxyl groups is 1. The zero-order valence-corrected chi connectivity index (χ0v) is 9.36. The van der Waals surface area contributed by atoms with Crippen molar-refractivity contribution < 1.29 is 14.6 Å². The quantitative estimate of drug-likeness (QED) is 0.654. The molecule has 0 bridgehead atoms. The molecule has 0 spiro atoms. The molecule has 84 valence electrons. The van der Waals surface area contributed by atoms with Crippen molar-refractivity contribution in [2.75, 3.05) is 13.1 Å². The van der Waals surface area contributed by atoms with Gasteiger partial charge in [-0.05, 0) is 20.8 Å². The highest BCUT2D eigenvalue weighted by Crippen LogP contribution is 2.21. The molecule has 1 N–H and O–H groups in total. The van der Waals surface area contributed by atoms with Crippen molar-refractivity contribution in [2.24, 2.45) is 5.92 Å². The molecular formula is C11H17NO3. The second-order valence-corrected chi connectivity index (χ2v) is 4.76. The van der Waals surface area contributed by atoms with Crippen molar-refractivity contribution in [1.82, 2.24) is 4.90 Å². The van der Waals surface area contributed by atoms with E-state index in [1.807, 2.05) is 20.8 Å². The maximum Gasteiger partial charge on any atom is 0.410 e. The highest BCUT2D eigenvalue weighted by Gasteiger charge is 2.36. The fourth-order valence-electron chi connectivity index (χ4n) is 1.32. The minimum Gasteiger partial charge on any atom is -0.444 e. The molecule has 1 unspecified atom stereocenters. The predicted octanol–water partition coefficient (Wildman–Crippen LogP) is 0.847. The second-order valence-electron chi connectivity index (χ2n) is 4.76. The van der Waals surface area contributed by atoms with Crippen LogP contribution >= 0.6 is 0 Å². The standard InChI is InChI=1S/C11H17NO3/c1-5-9(13)8-6-12(7-8)10(14)15-11(2,3)4/h1,8-9,13H,6-7H2,2-4H3. The lowest BCUT2D eigenvalue weighted by molar-refractivity contribution is -0.0190. The molecular weight excluding hydrogens is 194 g/mol. The molecule has 1 saturated heterocycles. The lowest BCUT2D eigenvalue weighted by atomic mass is 9.95. The Balaban J connectivity index is 2.34. The minimum absolute atomic E-state index is 0.0116. The van der Waals surface area contributed by atoms with Crippen LogP contribution in [0.4, 0.5) is 4.79 Å². The fraction of sp³-hybridized carbons (Fsp3) is 0.727. The van der Waals surface area contributed by atoms with Crippen molar-refractivity contribution in [2.45, 2.75) is 32.5 Å². The van der Waals surface area contributed by atoms with E-state index < -0.39 is 11.7 Å². The van der Waals surface area contributed by atoms with E-state index in [2.05, 4.69) is 5.92 Å². The third-order valence-electron chi connectivity index (χ3n) is 2.18. The normalized spacial score (nSPS) is 19.0. The topological polar surface area (TPSA) is 49.8 Å². The van der Waals surface area contributed by atoms with E-state index in [1.54, 1.807) is 0 Å². The summed E-state index contributed by atoms with van der Waals surface area (Å²) in [6.07, 6.45) is 3.97. The van der Waals surface area contributed by atoms with Gasteiger partial charge in [-0.15, -0.1) is 6.42 Å². The molecule has 0 aromatic rings. The molecule has 0 aliphatic carbocycles. The second kappa shape index (κ2) is 4.11. The van der Waals surface area contributed by atoms with Crippen LogP contribution in [0.3, 0.4) is 0 Å². The first kappa shape index (κ1) is 11.9. The molecule has 1 rings (SSSR count). The van der Waals surface area contributed by atoms with Gasteiger partial charge in [0.2, 0.25) is 0 Å². The molecule has 1 aliphatic rings. The number of rotatable bonds is 1. The molecule has 4 nitrogen and oxygen atoms in total. The van der Waals surface area contributed by atoms with Gasteiger partial charge in [0, 0.05) is 19.0 Å². The summed E-state index contributed by atoms with van der Waals surface area (Å²) in [7, 11) is 0. The first-order valence-corrected chi connectivity index (χ1v) is 4.95. The van der Waals surface area contributed by atoms with Crippen LogP contribution in [0.5, 0.6) is 0 Å². The molecule has 1 amide bonds. The maximum atomic E-state index is 11.5. The molecule has 0 aromatic carbocycles. The van der Waals surface area contributed by atoms with Crippen LogP contribution in [0.1, 0.15) is 20.8 Å². The summed E-state index contributed by atoms with van der Waals surface area (Å²) in [6.45, 7) is 6.40. The van der Waals surface area contributed by atoms with Crippen molar-refractivity contribution in [1.29, 1.82) is 0 Å². The zero-order chi connectivity index (χ0) is 11.6. The van der Waals surface area contributed by atoms with Crippen molar-refractivity contribution in [3.63, 3.8) is 0 Å². The molecule has 1 heterocycles. The Hall–Kier alpha value is -1.21. The van der Waals surface area contributed by atoms with Crippen molar-refractivity contribution in [3.05, 3.63) is 0 Å². The van der Waals surface area contributed by atoms with E-state index in [9.17, 15) is 9.90 Å². The van der Waals surface area contributed by atoms with Gasteiger partial charge in [-0.1, -0.05) is 5.92 Å². The van der Waals surface area contributed by atoms with Gasteiger partial charge < -0.3 is 14.7 Å². The van der Waals surface area contributed by atoms with E-state index in [-0.39, 0.29) is 12.0 Å². The first-order valence-electron chi connectivity index (χ1n) is 4.95. The highest BCUT2D eigenvalue weighted by atomic mass is 16.6. The molecule has 15 heavy (non-hydrogen) atoms. The van der Waals surface area contributed by atoms with Gasteiger partial charge in [-0.3, -0.25) is 0 Å². The summed E-state index contributed by atoms with van der Waals surface area (Å²) in [6, 6.07) is 0. The van der Waals surface area contributed by atoms with Crippen LogP contribution in [0.15, 0.2) is 0 Å². The van der Waals surface area contributed by atoms with Gasteiger partial charge in [0.25, 0.3) is 0 Å². The number of terminal acetylenes is 1. The SMILES string of the molecule is C#CC(O)C1CN(C(=O)OC(C)(C)C)C1. The first-order chi connectivity index (χ1) is 6.83. The summed E-state index contributed by atoms with van der Waals surface area (Å²) >= 11 is 0. The Labute approximate surface area is 90.2 Å². The number of aliphatic hydroxyl groups excluding tert-OH is 1. The average molecular weight is 211 g/mol. The Morgan fingerprint density at radius 1 is 1.60 bits per heavy atom.